The van der Waals surface area contributed by atoms with Gasteiger partial charge < -0.3 is 33.6 Å². The number of hydrogen-bond donors (Lipinski definition) is 2. The minimum Gasteiger partial charge on any atom is -0.455 e. The molecular weight excluding hydrogens is 673 g/mol. The largest absolute Gasteiger partial charge is 0.455 e. The Bertz CT molecular complexity index is 1760. The first-order chi connectivity index (χ1) is 23.8. The average molecular weight is 721 g/mol. The lowest BCUT2D eigenvalue weighted by Gasteiger charge is -2.68. The smallest absolute Gasteiger partial charge is 0.338 e. The van der Waals surface area contributed by atoms with Crippen LogP contribution in [0.4, 0.5) is 0 Å². The number of rotatable bonds is 7. The predicted molar refractivity (Wildman–Crippen MR) is 187 cm³/mol. The van der Waals surface area contributed by atoms with E-state index in [4.69, 9.17) is 23.4 Å². The van der Waals surface area contributed by atoms with Crippen molar-refractivity contribution in [2.24, 2.45) is 16.7 Å². The van der Waals surface area contributed by atoms with Crippen LogP contribution < -0.4 is 5.19 Å². The van der Waals surface area contributed by atoms with Gasteiger partial charge in [-0.1, -0.05) is 62.4 Å². The van der Waals surface area contributed by atoms with Crippen LogP contribution in [0.15, 0.2) is 71.8 Å². The highest BCUT2D eigenvalue weighted by Gasteiger charge is 2.78. The Balaban J connectivity index is 1.67. The van der Waals surface area contributed by atoms with Crippen molar-refractivity contribution in [1.29, 1.82) is 0 Å². The molecule has 0 aromatic heterocycles. The quantitative estimate of drug-likeness (QED) is 0.186. The molecule has 0 spiro atoms. The maximum atomic E-state index is 15.7. The normalized spacial score (nSPS) is 35.6. The lowest BCUT2D eigenvalue weighted by molar-refractivity contribution is -0.344. The molecule has 2 N–H and O–H groups in total. The molecule has 274 valence electrons. The zero-order chi connectivity index (χ0) is 37.3. The Hall–Kier alpha value is -3.68. The fourth-order valence-electron chi connectivity index (χ4n) is 9.32. The molecule has 1 saturated heterocycles. The molecule has 0 amide bonds. The third kappa shape index (κ3) is 5.70. The summed E-state index contributed by atoms with van der Waals surface area (Å²) in [5, 5.41) is 25.9. The van der Waals surface area contributed by atoms with Crippen LogP contribution >= 0.6 is 0 Å². The summed E-state index contributed by atoms with van der Waals surface area (Å²) >= 11 is 0. The molecule has 9 atom stereocenters. The van der Waals surface area contributed by atoms with Gasteiger partial charge in [0.25, 0.3) is 0 Å². The van der Waals surface area contributed by atoms with Gasteiger partial charge in [-0.3, -0.25) is 14.4 Å². The lowest BCUT2D eigenvalue weighted by Crippen LogP contribution is -2.82. The Morgan fingerprint density at radius 1 is 0.922 bits per heavy atom. The van der Waals surface area contributed by atoms with Crippen molar-refractivity contribution in [3.63, 3.8) is 0 Å². The Morgan fingerprint density at radius 2 is 1.53 bits per heavy atom. The number of Topliss-reactive ketones (excluding diaryl/α,β-unsaturated/α-hetero) is 1. The van der Waals surface area contributed by atoms with Crippen LogP contribution in [0.5, 0.6) is 0 Å². The Kier molecular flexibility index (Phi) is 9.28. The Labute approximate surface area is 299 Å². The summed E-state index contributed by atoms with van der Waals surface area (Å²) in [7, 11) is -2.84. The van der Waals surface area contributed by atoms with Crippen molar-refractivity contribution >= 4 is 37.2 Å². The van der Waals surface area contributed by atoms with E-state index in [0.29, 0.717) is 5.57 Å². The molecule has 1 heterocycles. The number of aliphatic hydroxyl groups excluding tert-OH is 1. The standard InChI is InChI=1S/C39H48O11Si/c1-22-27(42)20-39(45)34(48-35(44)25-15-11-9-12-16-25)32-37(6,33(43)31(47-23(2)40)30(22)36(39,4)5)28(19-29-38(32,21-46-29)49-24(3)41)50-51(7,8)26-17-13-10-14-18-26/h9-18,27-29,31-32,34,42,45H,19-21H2,1-8H3/t27-,28-,29+,31+,32?,34?,37+,38-,39+/m0/s1. The van der Waals surface area contributed by atoms with Crippen LogP contribution in [0, 0.1) is 16.7 Å². The summed E-state index contributed by atoms with van der Waals surface area (Å²) in [6.07, 6.45) is -6.36. The summed E-state index contributed by atoms with van der Waals surface area (Å²) < 4.78 is 31.8. The molecule has 2 aromatic carbocycles. The highest BCUT2D eigenvalue weighted by atomic mass is 28.4. The average Bonchev–Trinajstić information content (AvgIpc) is 3.06. The first-order valence-corrected chi connectivity index (χ1v) is 20.4. The molecule has 2 saturated carbocycles. The molecular formula is C39H48O11Si. The van der Waals surface area contributed by atoms with E-state index in [0.717, 1.165) is 5.19 Å². The molecule has 3 fully saturated rings. The summed E-state index contributed by atoms with van der Waals surface area (Å²) in [6.45, 7) is 13.0. The molecule has 12 heteroatoms. The van der Waals surface area contributed by atoms with Crippen LogP contribution in [0.3, 0.4) is 0 Å². The summed E-state index contributed by atoms with van der Waals surface area (Å²) in [5.74, 6) is -4.05. The number of esters is 3. The SMILES string of the molecule is CC(=O)O[C@H]1C(=O)[C@@]2(C)C(C(OC(=O)c3ccccc3)[C@]3(O)C[C@H](O)C(C)=C1C3(C)C)[C@]1(OC(C)=O)CO[C@@H]1C[C@@H]2O[Si](C)(C)c1ccccc1. The maximum absolute atomic E-state index is 15.7. The zero-order valence-corrected chi connectivity index (χ0v) is 31.4. The number of ketones is 1. The van der Waals surface area contributed by atoms with Gasteiger partial charge in [-0.15, -0.1) is 0 Å². The molecule has 1 aliphatic heterocycles. The molecule has 2 aromatic rings. The van der Waals surface area contributed by atoms with Crippen LogP contribution in [-0.4, -0.2) is 90.6 Å². The molecule has 2 unspecified atom stereocenters. The van der Waals surface area contributed by atoms with Crippen molar-refractivity contribution in [2.45, 2.75) is 109 Å². The predicted octanol–water partition coefficient (Wildman–Crippen LogP) is 3.79. The van der Waals surface area contributed by atoms with Gasteiger partial charge in [0.05, 0.1) is 35.7 Å². The molecule has 3 aliphatic carbocycles. The number of hydrogen-bond acceptors (Lipinski definition) is 11. The van der Waals surface area contributed by atoms with E-state index < -0.39 is 90.5 Å². The van der Waals surface area contributed by atoms with Crippen molar-refractivity contribution in [2.75, 3.05) is 6.61 Å². The van der Waals surface area contributed by atoms with Gasteiger partial charge in [-0.2, -0.15) is 0 Å². The number of benzene rings is 2. The summed E-state index contributed by atoms with van der Waals surface area (Å²) in [6, 6.07) is 17.9. The first-order valence-electron chi connectivity index (χ1n) is 17.4. The first kappa shape index (κ1) is 37.1. The van der Waals surface area contributed by atoms with E-state index in [9.17, 15) is 24.6 Å². The molecule has 51 heavy (non-hydrogen) atoms. The number of carbonyl (C=O) groups excluding carboxylic acids is 4. The number of aliphatic hydroxyl groups is 2. The van der Waals surface area contributed by atoms with E-state index in [2.05, 4.69) is 0 Å². The van der Waals surface area contributed by atoms with Crippen LogP contribution in [0.25, 0.3) is 0 Å². The van der Waals surface area contributed by atoms with Gasteiger partial charge >= 0.3 is 17.9 Å². The fourth-order valence-corrected chi connectivity index (χ4v) is 11.5. The molecule has 4 aliphatic rings. The van der Waals surface area contributed by atoms with E-state index in [1.807, 2.05) is 43.4 Å². The van der Waals surface area contributed by atoms with E-state index in [1.165, 1.54) is 13.8 Å². The minimum atomic E-state index is -2.84. The van der Waals surface area contributed by atoms with Crippen molar-refractivity contribution in [3.8, 4) is 0 Å². The van der Waals surface area contributed by atoms with E-state index in [1.54, 1.807) is 58.0 Å². The fraction of sp³-hybridized carbons (Fsp3) is 0.538. The lowest BCUT2D eigenvalue weighted by atomic mass is 9.44. The van der Waals surface area contributed by atoms with E-state index in [-0.39, 0.29) is 30.6 Å². The van der Waals surface area contributed by atoms with Crippen LogP contribution in [0.1, 0.15) is 64.7 Å². The Morgan fingerprint density at radius 3 is 2.08 bits per heavy atom. The zero-order valence-electron chi connectivity index (χ0n) is 30.4. The highest BCUT2D eigenvalue weighted by Crippen LogP contribution is 2.65. The second-order valence-corrected chi connectivity index (χ2v) is 19.6. The second-order valence-electron chi connectivity index (χ2n) is 15.7. The minimum absolute atomic E-state index is 0.115. The van der Waals surface area contributed by atoms with Gasteiger partial charge in [0.1, 0.15) is 17.8 Å². The maximum Gasteiger partial charge on any atom is 0.338 e. The number of fused-ring (bicyclic) bond motifs is 5. The van der Waals surface area contributed by atoms with Gasteiger partial charge in [0.15, 0.2) is 17.5 Å². The van der Waals surface area contributed by atoms with Gasteiger partial charge in [0, 0.05) is 32.1 Å². The third-order valence-corrected chi connectivity index (χ3v) is 14.7. The van der Waals surface area contributed by atoms with Crippen LogP contribution in [-0.2, 0) is 37.8 Å². The van der Waals surface area contributed by atoms with Gasteiger partial charge in [-0.25, -0.2) is 4.79 Å². The van der Waals surface area contributed by atoms with Crippen molar-refractivity contribution in [3.05, 3.63) is 77.4 Å². The second kappa shape index (κ2) is 12.8. The molecule has 11 nitrogen and oxygen atoms in total. The molecule has 0 radical (unpaired) electrons. The van der Waals surface area contributed by atoms with Crippen molar-refractivity contribution in [1.82, 2.24) is 0 Å². The number of ether oxygens (including phenoxy) is 4. The van der Waals surface area contributed by atoms with Crippen LogP contribution in [0.2, 0.25) is 13.1 Å². The van der Waals surface area contributed by atoms with Gasteiger partial charge in [0.2, 0.25) is 8.32 Å². The third-order valence-electron chi connectivity index (χ3n) is 12.1. The topological polar surface area (TPSA) is 155 Å². The van der Waals surface area contributed by atoms with E-state index >= 15 is 4.79 Å². The highest BCUT2D eigenvalue weighted by molar-refractivity contribution is 6.84. The number of carbonyl (C=O) groups is 4. The monoisotopic (exact) mass is 720 g/mol. The van der Waals surface area contributed by atoms with Crippen molar-refractivity contribution < 1.29 is 52.8 Å². The van der Waals surface area contributed by atoms with Gasteiger partial charge in [-0.05, 0) is 55.4 Å². The summed E-state index contributed by atoms with van der Waals surface area (Å²) in [5.41, 5.74) is -6.05. The molecule has 2 bridgehead atoms. The summed E-state index contributed by atoms with van der Waals surface area (Å²) in [4.78, 5) is 55.7. The molecule has 6 rings (SSSR count).